The average molecular weight is 614 g/mol. The van der Waals surface area contributed by atoms with Crippen LogP contribution < -0.4 is 16.2 Å². The lowest BCUT2D eigenvalue weighted by Gasteiger charge is -2.33. The summed E-state index contributed by atoms with van der Waals surface area (Å²) >= 11 is 6.57. The Morgan fingerprint density at radius 3 is 2.21 bits per heavy atom. The second-order valence-corrected chi connectivity index (χ2v) is 13.0. The summed E-state index contributed by atoms with van der Waals surface area (Å²) in [6.07, 6.45) is 2.37. The van der Waals surface area contributed by atoms with Crippen LogP contribution in [-0.2, 0) is 10.0 Å². The van der Waals surface area contributed by atoms with Crippen molar-refractivity contribution in [1.29, 1.82) is 5.41 Å². The van der Waals surface area contributed by atoms with E-state index in [1.165, 1.54) is 10.6 Å². The molecule has 2 saturated heterocycles. The first-order chi connectivity index (χ1) is 19.9. The molecule has 14 heteroatoms. The predicted octanol–water partition coefficient (Wildman–Crippen LogP) is 3.35. The number of carbonyl (C=O) groups is 2. The van der Waals surface area contributed by atoms with Gasteiger partial charge < -0.3 is 26.1 Å². The summed E-state index contributed by atoms with van der Waals surface area (Å²) in [7, 11) is -3.25. The number of ether oxygens (including phenoxy) is 1. The molecule has 2 fully saturated rings. The van der Waals surface area contributed by atoms with E-state index in [2.05, 4.69) is 9.97 Å². The quantitative estimate of drug-likeness (QED) is 0.232. The van der Waals surface area contributed by atoms with Crippen molar-refractivity contribution >= 4 is 39.5 Å². The Bertz CT molecular complexity index is 1600. The monoisotopic (exact) mass is 613 g/mol. The van der Waals surface area contributed by atoms with Gasteiger partial charge in [0.1, 0.15) is 17.4 Å². The number of hydrogen-bond acceptors (Lipinski definition) is 7. The lowest BCUT2D eigenvalue weighted by atomic mass is 9.83. The number of aromatic amines is 1. The fourth-order valence-corrected chi connectivity index (χ4v) is 6.98. The fourth-order valence-electron chi connectivity index (χ4n) is 5.85. The van der Waals surface area contributed by atoms with Gasteiger partial charge in [-0.25, -0.2) is 22.5 Å². The lowest BCUT2D eigenvalue weighted by Crippen LogP contribution is -2.40. The van der Waals surface area contributed by atoms with E-state index < -0.39 is 22.2 Å². The largest absolute Gasteiger partial charge is 0.411 e. The molecule has 2 aromatic carbocycles. The van der Waals surface area contributed by atoms with Gasteiger partial charge in [-0.05, 0) is 67.5 Å². The zero-order chi connectivity index (χ0) is 30.2. The number of aromatic nitrogens is 2. The summed E-state index contributed by atoms with van der Waals surface area (Å²) in [5.74, 6) is 0.932. The molecular weight excluding hydrogens is 582 g/mol. The van der Waals surface area contributed by atoms with Crippen LogP contribution in [0.1, 0.15) is 47.1 Å². The van der Waals surface area contributed by atoms with Crippen LogP contribution in [0.5, 0.6) is 5.75 Å². The third kappa shape index (κ3) is 6.27. The molecular formula is C28H32ClN7O5S. The minimum Gasteiger partial charge on any atom is -0.411 e. The van der Waals surface area contributed by atoms with Crippen LogP contribution >= 0.6 is 11.6 Å². The number of amides is 2. The molecule has 5 rings (SSSR count). The molecule has 2 aliphatic heterocycles. The molecule has 222 valence electrons. The van der Waals surface area contributed by atoms with Crippen molar-refractivity contribution in [2.75, 3.05) is 25.9 Å². The number of carbonyl (C=O) groups excluding carboxylic acids is 2. The zero-order valence-electron chi connectivity index (χ0n) is 22.9. The van der Waals surface area contributed by atoms with Crippen molar-refractivity contribution in [1.82, 2.24) is 19.2 Å². The first kappa shape index (κ1) is 29.5. The minimum absolute atomic E-state index is 0.0828. The second-order valence-electron chi connectivity index (χ2n) is 10.7. The van der Waals surface area contributed by atoms with Crippen molar-refractivity contribution in [2.45, 2.75) is 25.3 Å². The van der Waals surface area contributed by atoms with E-state index in [1.807, 2.05) is 0 Å². The SMILES string of the molecule is CS(=O)(=O)N1CCC([C@H]2C[C@@H](c3nc(Cl)c(-c4ccc(OC(N)=O)cc4)[nH]3)N(C(=O)c3ccc(C(=N)N)cc3)C2)CC1. The van der Waals surface area contributed by atoms with Gasteiger partial charge in [-0.2, -0.15) is 0 Å². The standard InChI is InChI=1S/C28H32ClN7O5S/c1-42(39,40)35-12-10-16(11-13-35)20-14-22(36(15-20)27(37)19-4-2-18(3-5-19)25(30)31)26-33-23(24(29)34-26)17-6-8-21(9-7-17)41-28(32)38/h2-9,16,20,22H,10-15H2,1H3,(H3,30,31)(H2,32,38)(H,33,34)/t20-,22-/m0/s1. The molecule has 42 heavy (non-hydrogen) atoms. The van der Waals surface area contributed by atoms with Crippen LogP contribution in [-0.4, -0.2) is 71.3 Å². The number of halogens is 1. The van der Waals surface area contributed by atoms with Crippen LogP contribution in [0.15, 0.2) is 48.5 Å². The van der Waals surface area contributed by atoms with Gasteiger partial charge in [0.05, 0.1) is 18.0 Å². The number of sulfonamides is 1. The zero-order valence-corrected chi connectivity index (χ0v) is 24.5. The summed E-state index contributed by atoms with van der Waals surface area (Å²) in [6.45, 7) is 1.39. The number of nitrogen functional groups attached to an aromatic ring is 1. The maximum absolute atomic E-state index is 13.8. The number of rotatable bonds is 7. The molecule has 1 aromatic heterocycles. The van der Waals surface area contributed by atoms with Gasteiger partial charge in [-0.3, -0.25) is 10.2 Å². The van der Waals surface area contributed by atoms with Crippen LogP contribution in [0.25, 0.3) is 11.3 Å². The molecule has 3 aromatic rings. The van der Waals surface area contributed by atoms with E-state index >= 15 is 0 Å². The van der Waals surface area contributed by atoms with Crippen LogP contribution in [0.3, 0.4) is 0 Å². The summed E-state index contributed by atoms with van der Waals surface area (Å²) in [6, 6.07) is 12.8. The molecule has 0 radical (unpaired) electrons. The number of primary amides is 1. The number of nitrogens with zero attached hydrogens (tertiary/aromatic N) is 3. The molecule has 0 bridgehead atoms. The molecule has 0 spiro atoms. The average Bonchev–Trinajstić information content (AvgIpc) is 3.56. The minimum atomic E-state index is -3.25. The number of benzene rings is 2. The third-order valence-corrected chi connectivity index (χ3v) is 9.60. The highest BCUT2D eigenvalue weighted by atomic mass is 35.5. The first-order valence-electron chi connectivity index (χ1n) is 13.4. The maximum Gasteiger partial charge on any atom is 0.409 e. The Balaban J connectivity index is 1.42. The molecule has 0 saturated carbocycles. The van der Waals surface area contributed by atoms with Crippen molar-refractivity contribution < 1.29 is 22.7 Å². The van der Waals surface area contributed by atoms with Gasteiger partial charge in [-0.1, -0.05) is 23.7 Å². The smallest absolute Gasteiger partial charge is 0.409 e. The van der Waals surface area contributed by atoms with Crippen molar-refractivity contribution in [3.63, 3.8) is 0 Å². The Morgan fingerprint density at radius 2 is 1.64 bits per heavy atom. The molecule has 2 atom stereocenters. The van der Waals surface area contributed by atoms with Gasteiger partial charge >= 0.3 is 6.09 Å². The molecule has 0 unspecified atom stereocenters. The maximum atomic E-state index is 13.8. The Labute approximate surface area is 248 Å². The van der Waals surface area contributed by atoms with Gasteiger partial charge in [0.2, 0.25) is 10.0 Å². The number of hydrogen-bond donors (Lipinski definition) is 4. The summed E-state index contributed by atoms with van der Waals surface area (Å²) in [5.41, 5.74) is 12.9. The molecule has 2 aliphatic rings. The highest BCUT2D eigenvalue weighted by Gasteiger charge is 2.42. The topological polar surface area (TPSA) is 189 Å². The van der Waals surface area contributed by atoms with Gasteiger partial charge in [0.15, 0.2) is 5.15 Å². The van der Waals surface area contributed by atoms with Crippen molar-refractivity contribution in [2.24, 2.45) is 23.3 Å². The summed E-state index contributed by atoms with van der Waals surface area (Å²) in [4.78, 5) is 34.6. The van der Waals surface area contributed by atoms with Crippen molar-refractivity contribution in [3.8, 4) is 17.0 Å². The second kappa shape index (κ2) is 11.7. The number of nitrogens with one attached hydrogen (secondary N) is 2. The third-order valence-electron chi connectivity index (χ3n) is 8.03. The fraction of sp³-hybridized carbons (Fsp3) is 0.357. The summed E-state index contributed by atoms with van der Waals surface area (Å²) in [5, 5.41) is 7.87. The Morgan fingerprint density at radius 1 is 1.02 bits per heavy atom. The number of amidine groups is 1. The number of piperidine rings is 1. The van der Waals surface area contributed by atoms with E-state index in [4.69, 9.17) is 33.2 Å². The molecule has 12 nitrogen and oxygen atoms in total. The predicted molar refractivity (Wildman–Crippen MR) is 158 cm³/mol. The normalized spacial score (nSPS) is 20.0. The van der Waals surface area contributed by atoms with Gasteiger partial charge in [0, 0.05) is 36.3 Å². The number of nitrogens with two attached hydrogens (primary N) is 2. The summed E-state index contributed by atoms with van der Waals surface area (Å²) < 4.78 is 30.5. The first-order valence-corrected chi connectivity index (χ1v) is 15.7. The molecule has 6 N–H and O–H groups in total. The molecule has 0 aliphatic carbocycles. The molecule has 2 amide bonds. The molecule has 3 heterocycles. The lowest BCUT2D eigenvalue weighted by molar-refractivity contribution is 0.0720. The highest BCUT2D eigenvalue weighted by molar-refractivity contribution is 7.88. The van der Waals surface area contributed by atoms with E-state index in [0.29, 0.717) is 67.1 Å². The van der Waals surface area contributed by atoms with Crippen LogP contribution in [0.2, 0.25) is 5.15 Å². The van der Waals surface area contributed by atoms with E-state index in [-0.39, 0.29) is 34.5 Å². The van der Waals surface area contributed by atoms with Crippen LogP contribution in [0.4, 0.5) is 4.79 Å². The number of H-pyrrole nitrogens is 1. The van der Waals surface area contributed by atoms with Crippen LogP contribution in [0, 0.1) is 17.2 Å². The van der Waals surface area contributed by atoms with Crippen molar-refractivity contribution in [3.05, 3.63) is 70.6 Å². The Hall–Kier alpha value is -3.94. The van der Waals surface area contributed by atoms with Gasteiger partial charge in [-0.15, -0.1) is 0 Å². The number of likely N-dealkylation sites (tertiary alicyclic amines) is 1. The highest BCUT2D eigenvalue weighted by Crippen LogP contribution is 2.43. The van der Waals surface area contributed by atoms with Gasteiger partial charge in [0.25, 0.3) is 5.91 Å². The Kier molecular flexibility index (Phi) is 8.26. The van der Waals surface area contributed by atoms with E-state index in [1.54, 1.807) is 53.4 Å². The van der Waals surface area contributed by atoms with E-state index in [9.17, 15) is 18.0 Å². The van der Waals surface area contributed by atoms with E-state index in [0.717, 1.165) is 0 Å². The number of imidazole rings is 1.